The van der Waals surface area contributed by atoms with Crippen molar-refractivity contribution in [3.63, 3.8) is 0 Å². The summed E-state index contributed by atoms with van der Waals surface area (Å²) in [4.78, 5) is 21.3. The molecule has 0 aliphatic carbocycles. The highest BCUT2D eigenvalue weighted by molar-refractivity contribution is 5.73. The summed E-state index contributed by atoms with van der Waals surface area (Å²) >= 11 is 0. The van der Waals surface area contributed by atoms with Crippen molar-refractivity contribution in [3.8, 4) is 34.0 Å². The van der Waals surface area contributed by atoms with Crippen molar-refractivity contribution in [1.82, 2.24) is 9.97 Å². The Hall–Kier alpha value is -3.21. The van der Waals surface area contributed by atoms with Crippen LogP contribution in [0.5, 0.6) is 11.5 Å². The van der Waals surface area contributed by atoms with E-state index in [2.05, 4.69) is 30.7 Å². The largest absolute Gasteiger partial charge is 0.494 e. The van der Waals surface area contributed by atoms with Crippen LogP contribution in [0.25, 0.3) is 22.5 Å². The van der Waals surface area contributed by atoms with Crippen LogP contribution in [0.3, 0.4) is 0 Å². The lowest BCUT2D eigenvalue weighted by Crippen LogP contribution is -2.09. The number of rotatable bonds is 17. The van der Waals surface area contributed by atoms with Crippen LogP contribution in [-0.4, -0.2) is 22.5 Å². The van der Waals surface area contributed by atoms with Crippen LogP contribution < -0.4 is 9.47 Å². The van der Waals surface area contributed by atoms with Crippen LogP contribution >= 0.6 is 0 Å². The lowest BCUT2D eigenvalue weighted by molar-refractivity contribution is -0.134. The molecule has 1 unspecified atom stereocenters. The molecule has 0 aliphatic rings. The van der Waals surface area contributed by atoms with E-state index in [9.17, 15) is 4.79 Å². The smallest absolute Gasteiger partial charge is 0.311 e. The van der Waals surface area contributed by atoms with E-state index < -0.39 is 0 Å². The Morgan fingerprint density at radius 1 is 0.711 bits per heavy atom. The van der Waals surface area contributed by atoms with Crippen LogP contribution in [0.15, 0.2) is 60.9 Å². The van der Waals surface area contributed by atoms with Gasteiger partial charge in [0.15, 0.2) is 5.82 Å². The number of carbonyl (C=O) groups is 1. The van der Waals surface area contributed by atoms with Gasteiger partial charge in [-0.3, -0.25) is 4.79 Å². The molecule has 1 heterocycles. The summed E-state index contributed by atoms with van der Waals surface area (Å²) in [6.07, 6.45) is 16.1. The van der Waals surface area contributed by atoms with E-state index in [1.165, 1.54) is 51.4 Å². The highest BCUT2D eigenvalue weighted by Crippen LogP contribution is 2.25. The predicted octanol–water partition coefficient (Wildman–Crippen LogP) is 9.06. The van der Waals surface area contributed by atoms with Crippen LogP contribution in [0, 0.1) is 5.92 Å². The fraction of sp³-hybridized carbons (Fsp3) is 0.485. The van der Waals surface area contributed by atoms with Gasteiger partial charge in [0.2, 0.25) is 0 Å². The third kappa shape index (κ3) is 10.3. The number of hydrogen-bond acceptors (Lipinski definition) is 5. The minimum absolute atomic E-state index is 0.174. The second kappa shape index (κ2) is 16.6. The number of benzene rings is 2. The van der Waals surface area contributed by atoms with Gasteiger partial charge >= 0.3 is 5.97 Å². The Morgan fingerprint density at radius 3 is 2.00 bits per heavy atom. The van der Waals surface area contributed by atoms with Gasteiger partial charge in [-0.05, 0) is 60.7 Å². The molecule has 3 rings (SSSR count). The molecule has 38 heavy (non-hydrogen) atoms. The zero-order valence-electron chi connectivity index (χ0n) is 23.5. The van der Waals surface area contributed by atoms with Gasteiger partial charge < -0.3 is 9.47 Å². The fourth-order valence-electron chi connectivity index (χ4n) is 4.36. The maximum absolute atomic E-state index is 12.2. The molecule has 1 aromatic heterocycles. The number of hydrogen-bond donors (Lipinski definition) is 0. The van der Waals surface area contributed by atoms with E-state index >= 15 is 0 Å². The van der Waals surface area contributed by atoms with Gasteiger partial charge in [-0.15, -0.1) is 0 Å². The molecule has 0 aliphatic heterocycles. The zero-order chi connectivity index (χ0) is 27.0. The van der Waals surface area contributed by atoms with Crippen molar-refractivity contribution in [2.75, 3.05) is 6.61 Å². The lowest BCUT2D eigenvalue weighted by Gasteiger charge is -2.10. The molecule has 0 saturated heterocycles. The number of aromatic nitrogens is 2. The molecule has 0 bridgehead atoms. The maximum atomic E-state index is 12.2. The first-order chi connectivity index (χ1) is 18.6. The fourth-order valence-corrected chi connectivity index (χ4v) is 4.36. The van der Waals surface area contributed by atoms with Gasteiger partial charge in [0.1, 0.15) is 11.5 Å². The van der Waals surface area contributed by atoms with Gasteiger partial charge in [-0.2, -0.15) is 0 Å². The molecule has 0 saturated carbocycles. The summed E-state index contributed by atoms with van der Waals surface area (Å²) in [5.74, 6) is 2.50. The van der Waals surface area contributed by atoms with Crippen LogP contribution in [-0.2, 0) is 4.79 Å². The predicted molar refractivity (Wildman–Crippen MR) is 155 cm³/mol. The van der Waals surface area contributed by atoms with E-state index in [4.69, 9.17) is 9.47 Å². The Kier molecular flexibility index (Phi) is 12.8. The van der Waals surface area contributed by atoms with E-state index in [1.807, 2.05) is 60.9 Å². The molecule has 0 fully saturated rings. The molecule has 5 heteroatoms. The van der Waals surface area contributed by atoms with Crippen molar-refractivity contribution in [1.29, 1.82) is 0 Å². The summed E-state index contributed by atoms with van der Waals surface area (Å²) in [5, 5.41) is 0. The topological polar surface area (TPSA) is 61.3 Å². The Labute approximate surface area is 229 Å². The number of esters is 1. The van der Waals surface area contributed by atoms with Crippen molar-refractivity contribution < 1.29 is 14.3 Å². The van der Waals surface area contributed by atoms with Crippen molar-refractivity contribution in [2.24, 2.45) is 5.92 Å². The third-order valence-electron chi connectivity index (χ3n) is 6.84. The van der Waals surface area contributed by atoms with Gasteiger partial charge in [-0.1, -0.05) is 84.3 Å². The number of ether oxygens (including phenoxy) is 2. The number of nitrogens with zero attached hydrogens (tertiary/aromatic N) is 2. The van der Waals surface area contributed by atoms with Gasteiger partial charge in [0, 0.05) is 29.9 Å². The average Bonchev–Trinajstić information content (AvgIpc) is 2.95. The van der Waals surface area contributed by atoms with Crippen molar-refractivity contribution in [3.05, 3.63) is 60.9 Å². The normalized spacial score (nSPS) is 11.8. The minimum Gasteiger partial charge on any atom is -0.494 e. The molecule has 0 radical (unpaired) electrons. The van der Waals surface area contributed by atoms with Crippen LogP contribution in [0.1, 0.15) is 91.4 Å². The van der Waals surface area contributed by atoms with E-state index in [1.54, 1.807) is 0 Å². The van der Waals surface area contributed by atoms with Crippen LogP contribution in [0.4, 0.5) is 0 Å². The molecular formula is C33H44N2O3. The summed E-state index contributed by atoms with van der Waals surface area (Å²) in [6, 6.07) is 15.5. The Balaban J connectivity index is 1.45. The SMILES string of the molecule is CCCCCCCCOc1ccc(-c2ncc(-c3ccc(OC(=O)CCC(C)CCCC)cc3)cn2)cc1. The maximum Gasteiger partial charge on any atom is 0.311 e. The first-order valence-corrected chi connectivity index (χ1v) is 14.5. The minimum atomic E-state index is -0.174. The molecule has 3 aromatic rings. The van der Waals surface area contributed by atoms with Crippen LogP contribution in [0.2, 0.25) is 0 Å². The molecule has 2 aromatic carbocycles. The number of unbranched alkanes of at least 4 members (excludes halogenated alkanes) is 6. The van der Waals surface area contributed by atoms with E-state index in [0.717, 1.165) is 41.9 Å². The Morgan fingerprint density at radius 2 is 1.32 bits per heavy atom. The standard InChI is InChI=1S/C33H44N2O3/c1-4-6-8-9-10-11-23-37-30-18-16-28(17-19-30)33-34-24-29(25-35-33)27-14-20-31(21-15-27)38-32(36)22-13-26(3)12-7-5-2/h14-21,24-26H,4-13,22-23H2,1-3H3. The summed E-state index contributed by atoms with van der Waals surface area (Å²) in [7, 11) is 0. The lowest BCUT2D eigenvalue weighted by atomic mass is 9.99. The van der Waals surface area contributed by atoms with Crippen molar-refractivity contribution >= 4 is 5.97 Å². The molecule has 204 valence electrons. The molecule has 5 nitrogen and oxygen atoms in total. The van der Waals surface area contributed by atoms with Crippen molar-refractivity contribution in [2.45, 2.75) is 91.4 Å². The van der Waals surface area contributed by atoms with Gasteiger partial charge in [-0.25, -0.2) is 9.97 Å². The van der Waals surface area contributed by atoms with E-state index in [-0.39, 0.29) is 5.97 Å². The highest BCUT2D eigenvalue weighted by Gasteiger charge is 2.10. The van der Waals surface area contributed by atoms with E-state index in [0.29, 0.717) is 23.9 Å². The second-order valence-electron chi connectivity index (χ2n) is 10.2. The zero-order valence-corrected chi connectivity index (χ0v) is 23.5. The first-order valence-electron chi connectivity index (χ1n) is 14.5. The summed E-state index contributed by atoms with van der Waals surface area (Å²) in [5.41, 5.74) is 2.84. The third-order valence-corrected chi connectivity index (χ3v) is 6.84. The number of carbonyl (C=O) groups excluding carboxylic acids is 1. The first kappa shape index (κ1) is 29.3. The monoisotopic (exact) mass is 516 g/mol. The molecule has 1 atom stereocenters. The molecule has 0 spiro atoms. The summed E-state index contributed by atoms with van der Waals surface area (Å²) in [6.45, 7) is 7.39. The molecule has 0 N–H and O–H groups in total. The second-order valence-corrected chi connectivity index (χ2v) is 10.2. The molecular weight excluding hydrogens is 472 g/mol. The highest BCUT2D eigenvalue weighted by atomic mass is 16.5. The Bertz CT molecular complexity index is 1060. The molecule has 0 amide bonds. The van der Waals surface area contributed by atoms with Gasteiger partial charge in [0.05, 0.1) is 6.61 Å². The van der Waals surface area contributed by atoms with Gasteiger partial charge in [0.25, 0.3) is 0 Å². The quantitative estimate of drug-likeness (QED) is 0.102. The average molecular weight is 517 g/mol. The summed E-state index contributed by atoms with van der Waals surface area (Å²) < 4.78 is 11.4.